The van der Waals surface area contributed by atoms with Gasteiger partial charge in [0.1, 0.15) is 30.7 Å². The summed E-state index contributed by atoms with van der Waals surface area (Å²) >= 11 is 0. The van der Waals surface area contributed by atoms with E-state index in [1.54, 1.807) is 0 Å². The number of hydrogen-bond acceptors (Lipinski definition) is 8. The van der Waals surface area contributed by atoms with E-state index in [1.807, 2.05) is 0 Å². The molecule has 0 saturated carbocycles. The number of hydrogen-bond donors (Lipinski definition) is 3. The molecule has 1 aromatic rings. The predicted molar refractivity (Wildman–Crippen MR) is 137 cm³/mol. The molecule has 0 unspecified atom stereocenters. The van der Waals surface area contributed by atoms with Gasteiger partial charge in [0.15, 0.2) is 6.23 Å². The Hall–Kier alpha value is -1.68. The van der Waals surface area contributed by atoms with Crippen molar-refractivity contribution in [3.05, 3.63) is 22.7 Å². The van der Waals surface area contributed by atoms with E-state index in [9.17, 15) is 19.8 Å². The van der Waals surface area contributed by atoms with Crippen LogP contribution in [0.5, 0.6) is 0 Å². The molecule has 35 heavy (non-hydrogen) atoms. The van der Waals surface area contributed by atoms with Gasteiger partial charge in [0.25, 0.3) is 0 Å². The molecular weight excluding hydrogens is 474 g/mol. The van der Waals surface area contributed by atoms with Gasteiger partial charge in [0.2, 0.25) is 0 Å². The quantitative estimate of drug-likeness (QED) is 0.209. The van der Waals surface area contributed by atoms with Gasteiger partial charge in [-0.15, -0.1) is 12.4 Å². The molecule has 202 valence electrons. The average Bonchev–Trinajstić information content (AvgIpc) is 3.09. The predicted octanol–water partition coefficient (Wildman–Crippen LogP) is 3.89. The number of carbonyl (C=O) groups is 1. The molecule has 4 N–H and O–H groups in total. The first-order chi connectivity index (χ1) is 16.4. The topological polar surface area (TPSA) is 137 Å². The summed E-state index contributed by atoms with van der Waals surface area (Å²) in [6, 6.07) is 1.40. The van der Waals surface area contributed by atoms with Crippen molar-refractivity contribution in [1.29, 1.82) is 0 Å². The second-order valence-corrected chi connectivity index (χ2v) is 9.26. The van der Waals surface area contributed by atoms with Crippen molar-refractivity contribution in [3.8, 4) is 0 Å². The zero-order valence-corrected chi connectivity index (χ0v) is 21.8. The minimum Gasteiger partial charge on any atom is -0.463 e. The first kappa shape index (κ1) is 31.4. The number of halogens is 1. The average molecular weight is 518 g/mol. The third-order valence-electron chi connectivity index (χ3n) is 6.36. The normalized spacial score (nSPS) is 21.6. The smallest absolute Gasteiger partial charge is 0.351 e. The highest BCUT2D eigenvalue weighted by Crippen LogP contribution is 2.28. The summed E-state index contributed by atoms with van der Waals surface area (Å²) in [7, 11) is 0. The number of aliphatic hydroxyl groups is 2. The van der Waals surface area contributed by atoms with Crippen LogP contribution in [0.25, 0.3) is 0 Å². The van der Waals surface area contributed by atoms with Crippen LogP contribution in [-0.4, -0.2) is 50.7 Å². The van der Waals surface area contributed by atoms with Crippen LogP contribution < -0.4 is 11.4 Å². The third-order valence-corrected chi connectivity index (χ3v) is 6.36. The Morgan fingerprint density at radius 1 is 1.00 bits per heavy atom. The maximum Gasteiger partial charge on any atom is 0.351 e. The highest BCUT2D eigenvalue weighted by molar-refractivity contribution is 5.85. The zero-order chi connectivity index (χ0) is 24.8. The second kappa shape index (κ2) is 17.7. The molecule has 0 amide bonds. The Labute approximate surface area is 214 Å². The molecule has 0 spiro atoms. The van der Waals surface area contributed by atoms with E-state index in [2.05, 4.69) is 11.9 Å². The lowest BCUT2D eigenvalue weighted by molar-refractivity contribution is -0.150. The molecule has 1 aliphatic rings. The van der Waals surface area contributed by atoms with Crippen LogP contribution >= 0.6 is 12.4 Å². The van der Waals surface area contributed by atoms with Gasteiger partial charge in [-0.1, -0.05) is 84.0 Å². The van der Waals surface area contributed by atoms with Crippen molar-refractivity contribution in [2.45, 2.75) is 121 Å². The maximum absolute atomic E-state index is 12.0. The van der Waals surface area contributed by atoms with Gasteiger partial charge in [0.05, 0.1) is 0 Å². The van der Waals surface area contributed by atoms with Crippen molar-refractivity contribution in [2.75, 3.05) is 12.3 Å². The maximum atomic E-state index is 12.0. The molecule has 0 aliphatic carbocycles. The number of nitrogens with two attached hydrogens (primary N) is 1. The number of anilines is 1. The van der Waals surface area contributed by atoms with E-state index in [-0.39, 0.29) is 30.8 Å². The largest absolute Gasteiger partial charge is 0.463 e. The van der Waals surface area contributed by atoms with Gasteiger partial charge in [-0.25, -0.2) is 4.79 Å². The monoisotopic (exact) mass is 517 g/mol. The molecule has 1 aliphatic heterocycles. The molecule has 1 fully saturated rings. The van der Waals surface area contributed by atoms with Gasteiger partial charge in [-0.05, 0) is 12.5 Å². The van der Waals surface area contributed by atoms with Gasteiger partial charge in [-0.3, -0.25) is 9.36 Å². The highest BCUT2D eigenvalue weighted by Gasteiger charge is 2.44. The van der Waals surface area contributed by atoms with E-state index in [4.69, 9.17) is 15.2 Å². The first-order valence-electron chi connectivity index (χ1n) is 13.0. The number of esters is 1. The van der Waals surface area contributed by atoms with Crippen molar-refractivity contribution in [2.24, 2.45) is 0 Å². The molecular formula is C25H44ClN3O6. The van der Waals surface area contributed by atoms with Gasteiger partial charge in [-0.2, -0.15) is 4.98 Å². The van der Waals surface area contributed by atoms with E-state index in [0.29, 0.717) is 6.42 Å². The van der Waals surface area contributed by atoms with Crippen LogP contribution in [0.1, 0.15) is 103 Å². The second-order valence-electron chi connectivity index (χ2n) is 9.26. The fourth-order valence-electron chi connectivity index (χ4n) is 4.25. The van der Waals surface area contributed by atoms with E-state index < -0.39 is 30.2 Å². The Balaban J connectivity index is 0.00000612. The molecule has 0 bridgehead atoms. The summed E-state index contributed by atoms with van der Waals surface area (Å²) in [5.41, 5.74) is 4.77. The van der Waals surface area contributed by atoms with Gasteiger partial charge in [0, 0.05) is 12.6 Å². The van der Waals surface area contributed by atoms with E-state index in [0.717, 1.165) is 23.8 Å². The summed E-state index contributed by atoms with van der Waals surface area (Å²) in [4.78, 5) is 27.6. The molecule has 1 aromatic heterocycles. The highest BCUT2D eigenvalue weighted by atomic mass is 35.5. The number of aromatic nitrogens is 2. The molecule has 4 atom stereocenters. The number of unbranched alkanes of at least 4 members (excludes halogenated alkanes) is 12. The van der Waals surface area contributed by atoms with Crippen LogP contribution in [0, 0.1) is 0 Å². The van der Waals surface area contributed by atoms with E-state index in [1.165, 1.54) is 76.5 Å². The minimum atomic E-state index is -1.35. The lowest BCUT2D eigenvalue weighted by Gasteiger charge is -2.16. The fourth-order valence-corrected chi connectivity index (χ4v) is 4.25. The number of nitrogens with zero attached hydrogens (tertiary/aromatic N) is 2. The number of carbonyl (C=O) groups excluding carboxylic acids is 1. The summed E-state index contributed by atoms with van der Waals surface area (Å²) < 4.78 is 11.9. The molecule has 0 aromatic carbocycles. The van der Waals surface area contributed by atoms with Crippen molar-refractivity contribution < 1.29 is 24.5 Å². The summed E-state index contributed by atoms with van der Waals surface area (Å²) in [5.74, 6) is -0.309. The van der Waals surface area contributed by atoms with Crippen LogP contribution in [0.15, 0.2) is 17.1 Å². The van der Waals surface area contributed by atoms with Crippen LogP contribution in [0.3, 0.4) is 0 Å². The fraction of sp³-hybridized carbons (Fsp3) is 0.800. The number of aliphatic hydroxyl groups excluding tert-OH is 2. The summed E-state index contributed by atoms with van der Waals surface area (Å²) in [6.45, 7) is 2.05. The van der Waals surface area contributed by atoms with E-state index >= 15 is 0 Å². The van der Waals surface area contributed by atoms with Crippen LogP contribution in [0.2, 0.25) is 0 Å². The lowest BCUT2D eigenvalue weighted by atomic mass is 10.0. The Bertz CT molecular complexity index is 778. The Morgan fingerprint density at radius 2 is 1.54 bits per heavy atom. The zero-order valence-electron chi connectivity index (χ0n) is 21.0. The summed E-state index contributed by atoms with van der Waals surface area (Å²) in [5, 5.41) is 20.5. The van der Waals surface area contributed by atoms with Crippen molar-refractivity contribution in [3.63, 3.8) is 0 Å². The van der Waals surface area contributed by atoms with Crippen LogP contribution in [0.4, 0.5) is 5.82 Å². The van der Waals surface area contributed by atoms with Crippen molar-refractivity contribution in [1.82, 2.24) is 9.55 Å². The summed E-state index contributed by atoms with van der Waals surface area (Å²) in [6.07, 6.45) is 13.0. The molecule has 2 heterocycles. The third kappa shape index (κ3) is 11.3. The Kier molecular flexibility index (Phi) is 15.9. The number of rotatable bonds is 17. The van der Waals surface area contributed by atoms with Crippen molar-refractivity contribution >= 4 is 24.2 Å². The number of nitrogen functional groups attached to an aromatic ring is 1. The molecule has 9 nitrogen and oxygen atoms in total. The number of ether oxygens (including phenoxy) is 2. The lowest BCUT2D eigenvalue weighted by Crippen LogP contribution is -2.36. The standard InChI is InChI=1S/C25H43N3O6.ClH/c1-2-3-4-5-6-7-8-9-10-11-12-13-14-15-21(29)33-18-19-22(30)23(31)24(34-19)28-17-16-20(26)27-25(28)32;/h16-17,19,22-24,30-31H,2-15,18H2,1H3,(H2,26,27,32);1H/t19-,22-,23+,24-;/m1./s1. The minimum absolute atomic E-state index is 0. The molecule has 0 radical (unpaired) electrons. The van der Waals surface area contributed by atoms with Gasteiger partial charge < -0.3 is 25.4 Å². The SMILES string of the molecule is CCCCCCCCCCCCCCCC(=O)OC[C@H]1O[C@@H](n2ccc(N)nc2=O)[C@@H](O)[C@@H]1O.Cl. The molecule has 1 saturated heterocycles. The van der Waals surface area contributed by atoms with Gasteiger partial charge >= 0.3 is 11.7 Å². The Morgan fingerprint density at radius 3 is 2.09 bits per heavy atom. The first-order valence-corrected chi connectivity index (χ1v) is 13.0. The van der Waals surface area contributed by atoms with Crippen LogP contribution in [-0.2, 0) is 14.3 Å². The molecule has 2 rings (SSSR count). The molecule has 10 heteroatoms.